The Morgan fingerprint density at radius 2 is 1.76 bits per heavy atom. The summed E-state index contributed by atoms with van der Waals surface area (Å²) in [5.41, 5.74) is 2.65. The van der Waals surface area contributed by atoms with Crippen molar-refractivity contribution in [1.29, 1.82) is 0 Å². The van der Waals surface area contributed by atoms with E-state index in [0.717, 1.165) is 23.4 Å². The summed E-state index contributed by atoms with van der Waals surface area (Å²) in [7, 11) is 0. The van der Waals surface area contributed by atoms with Gasteiger partial charge in [-0.3, -0.25) is 4.79 Å². The summed E-state index contributed by atoms with van der Waals surface area (Å²) in [6, 6.07) is 16.8. The summed E-state index contributed by atoms with van der Waals surface area (Å²) in [5.74, 6) is 1.23. The van der Waals surface area contributed by atoms with Crippen molar-refractivity contribution in [2.24, 2.45) is 0 Å². The Bertz CT molecular complexity index is 1160. The molecule has 7 heteroatoms. The number of nitrogens with zero attached hydrogens (tertiary/aromatic N) is 4. The van der Waals surface area contributed by atoms with Crippen molar-refractivity contribution >= 4 is 0 Å². The topological polar surface area (TPSA) is 83.0 Å². The molecule has 0 aliphatic carbocycles. The lowest BCUT2D eigenvalue weighted by Crippen LogP contribution is -2.12. The average molecular weight is 388 g/mol. The van der Waals surface area contributed by atoms with Gasteiger partial charge in [-0.2, -0.15) is 10.1 Å². The van der Waals surface area contributed by atoms with Crippen molar-refractivity contribution in [2.45, 2.75) is 20.3 Å². The second kappa shape index (κ2) is 8.10. The highest BCUT2D eigenvalue weighted by atomic mass is 16.5. The fourth-order valence-electron chi connectivity index (χ4n) is 2.89. The molecule has 2 aromatic carbocycles. The Morgan fingerprint density at radius 1 is 1.00 bits per heavy atom. The highest BCUT2D eigenvalue weighted by molar-refractivity contribution is 5.58. The zero-order valence-corrected chi connectivity index (χ0v) is 16.2. The number of benzene rings is 2. The number of rotatable bonds is 6. The molecule has 2 aromatic heterocycles. The number of aromatic nitrogens is 4. The minimum absolute atomic E-state index is 0.0819. The van der Waals surface area contributed by atoms with Crippen molar-refractivity contribution in [3.05, 3.63) is 76.6 Å². The van der Waals surface area contributed by atoms with Crippen molar-refractivity contribution in [1.82, 2.24) is 19.9 Å². The molecule has 0 saturated carbocycles. The van der Waals surface area contributed by atoms with Gasteiger partial charge in [0.05, 0.1) is 12.3 Å². The predicted molar refractivity (Wildman–Crippen MR) is 109 cm³/mol. The summed E-state index contributed by atoms with van der Waals surface area (Å²) < 4.78 is 12.4. The van der Waals surface area contributed by atoms with Crippen LogP contribution < -0.4 is 10.2 Å². The van der Waals surface area contributed by atoms with E-state index in [9.17, 15) is 4.79 Å². The van der Waals surface area contributed by atoms with Gasteiger partial charge >= 0.3 is 0 Å². The standard InChI is InChI=1S/C22H20N4O3/c1-3-15-5-9-17(10-6-15)26-14-13-19(27)20(24-26)22-23-21(25-29-22)16-7-11-18(12-8-16)28-4-2/h5-14H,3-4H2,1-2H3. The van der Waals surface area contributed by atoms with Crippen molar-refractivity contribution in [2.75, 3.05) is 6.61 Å². The number of aryl methyl sites for hydroxylation is 1. The van der Waals surface area contributed by atoms with Crippen molar-refractivity contribution in [3.63, 3.8) is 0 Å². The minimum Gasteiger partial charge on any atom is -0.494 e. The van der Waals surface area contributed by atoms with Crippen LogP contribution in [0.5, 0.6) is 5.75 Å². The van der Waals surface area contributed by atoms with Gasteiger partial charge in [-0.05, 0) is 55.3 Å². The molecule has 0 radical (unpaired) electrons. The van der Waals surface area contributed by atoms with Crippen LogP contribution in [0, 0.1) is 0 Å². The van der Waals surface area contributed by atoms with Crippen LogP contribution in [0.25, 0.3) is 28.7 Å². The van der Waals surface area contributed by atoms with E-state index in [4.69, 9.17) is 9.26 Å². The van der Waals surface area contributed by atoms with Crippen molar-refractivity contribution in [3.8, 4) is 34.4 Å². The van der Waals surface area contributed by atoms with Gasteiger partial charge in [-0.15, -0.1) is 0 Å². The Labute approximate surface area is 167 Å². The van der Waals surface area contributed by atoms with Crippen LogP contribution in [0.4, 0.5) is 0 Å². The Kier molecular flexibility index (Phi) is 5.20. The molecule has 146 valence electrons. The van der Waals surface area contributed by atoms with Gasteiger partial charge in [0.1, 0.15) is 5.75 Å². The number of hydrogen-bond donors (Lipinski definition) is 0. The third kappa shape index (κ3) is 3.94. The van der Waals surface area contributed by atoms with Gasteiger partial charge in [0.2, 0.25) is 11.3 Å². The SMILES string of the molecule is CCOc1ccc(-c2noc(-c3nn(-c4ccc(CC)cc4)ccc3=O)n2)cc1. The highest BCUT2D eigenvalue weighted by Crippen LogP contribution is 2.22. The summed E-state index contributed by atoms with van der Waals surface area (Å²) in [5, 5.41) is 8.39. The molecule has 0 saturated heterocycles. The van der Waals surface area contributed by atoms with Crippen LogP contribution in [0.15, 0.2) is 70.1 Å². The normalized spacial score (nSPS) is 10.8. The zero-order valence-electron chi connectivity index (χ0n) is 16.2. The second-order valence-electron chi connectivity index (χ2n) is 6.37. The smallest absolute Gasteiger partial charge is 0.282 e. The molecule has 0 amide bonds. The molecular weight excluding hydrogens is 368 g/mol. The fraction of sp³-hybridized carbons (Fsp3) is 0.182. The third-order valence-electron chi connectivity index (χ3n) is 4.47. The zero-order chi connectivity index (χ0) is 20.2. The molecular formula is C22H20N4O3. The minimum atomic E-state index is -0.284. The molecule has 7 nitrogen and oxygen atoms in total. The maximum Gasteiger partial charge on any atom is 0.282 e. The Morgan fingerprint density at radius 3 is 2.45 bits per heavy atom. The quantitative estimate of drug-likeness (QED) is 0.498. The summed E-state index contributed by atoms with van der Waals surface area (Å²) in [6.45, 7) is 4.62. The van der Waals surface area contributed by atoms with Gasteiger partial charge in [0.15, 0.2) is 5.69 Å². The van der Waals surface area contributed by atoms with Gasteiger partial charge in [-0.1, -0.05) is 24.2 Å². The van der Waals surface area contributed by atoms with Crippen LogP contribution in [0.3, 0.4) is 0 Å². The molecule has 4 rings (SSSR count). The van der Waals surface area contributed by atoms with Gasteiger partial charge in [0.25, 0.3) is 5.89 Å². The summed E-state index contributed by atoms with van der Waals surface area (Å²) in [6.07, 6.45) is 2.58. The van der Waals surface area contributed by atoms with Crippen molar-refractivity contribution < 1.29 is 9.26 Å². The molecule has 0 fully saturated rings. The largest absolute Gasteiger partial charge is 0.494 e. The first-order chi connectivity index (χ1) is 14.2. The van der Waals surface area contributed by atoms with Crippen LogP contribution in [-0.2, 0) is 6.42 Å². The second-order valence-corrected chi connectivity index (χ2v) is 6.37. The van der Waals surface area contributed by atoms with E-state index < -0.39 is 0 Å². The predicted octanol–water partition coefficient (Wildman–Crippen LogP) is 3.91. The highest BCUT2D eigenvalue weighted by Gasteiger charge is 2.16. The molecule has 4 aromatic rings. The van der Waals surface area contributed by atoms with E-state index >= 15 is 0 Å². The molecule has 0 unspecified atom stereocenters. The van der Waals surface area contributed by atoms with E-state index in [-0.39, 0.29) is 17.0 Å². The van der Waals surface area contributed by atoms with E-state index in [1.807, 2.05) is 55.5 Å². The maximum absolute atomic E-state index is 12.3. The van der Waals surface area contributed by atoms with E-state index in [1.165, 1.54) is 11.6 Å². The maximum atomic E-state index is 12.3. The van der Waals surface area contributed by atoms with Crippen LogP contribution in [0.2, 0.25) is 0 Å². The first-order valence-corrected chi connectivity index (χ1v) is 9.44. The molecule has 0 aliphatic heterocycles. The first kappa shape index (κ1) is 18.6. The van der Waals surface area contributed by atoms with Crippen LogP contribution in [0.1, 0.15) is 19.4 Å². The fourth-order valence-corrected chi connectivity index (χ4v) is 2.89. The molecule has 0 spiro atoms. The van der Waals surface area contributed by atoms with Gasteiger partial charge < -0.3 is 9.26 Å². The van der Waals surface area contributed by atoms with E-state index in [2.05, 4.69) is 22.2 Å². The molecule has 0 N–H and O–H groups in total. The lowest BCUT2D eigenvalue weighted by Gasteiger charge is -2.06. The van der Waals surface area contributed by atoms with E-state index in [0.29, 0.717) is 12.4 Å². The summed E-state index contributed by atoms with van der Waals surface area (Å²) >= 11 is 0. The van der Waals surface area contributed by atoms with Crippen LogP contribution >= 0.6 is 0 Å². The molecule has 29 heavy (non-hydrogen) atoms. The Hall–Kier alpha value is -3.74. The molecule has 0 atom stereocenters. The third-order valence-corrected chi connectivity index (χ3v) is 4.47. The van der Waals surface area contributed by atoms with E-state index in [1.54, 1.807) is 10.9 Å². The molecule has 0 bridgehead atoms. The first-order valence-electron chi connectivity index (χ1n) is 9.44. The van der Waals surface area contributed by atoms with Gasteiger partial charge in [0, 0.05) is 17.8 Å². The molecule has 0 aliphatic rings. The summed E-state index contributed by atoms with van der Waals surface area (Å²) in [4.78, 5) is 16.7. The average Bonchev–Trinajstić information content (AvgIpc) is 3.25. The lowest BCUT2D eigenvalue weighted by molar-refractivity contribution is 0.340. The lowest BCUT2D eigenvalue weighted by atomic mass is 10.1. The Balaban J connectivity index is 1.65. The molecule has 2 heterocycles. The number of hydrogen-bond acceptors (Lipinski definition) is 6. The van der Waals surface area contributed by atoms with Gasteiger partial charge in [-0.25, -0.2) is 4.68 Å². The van der Waals surface area contributed by atoms with Crippen LogP contribution in [-0.4, -0.2) is 26.5 Å². The monoisotopic (exact) mass is 388 g/mol. The number of ether oxygens (including phenoxy) is 1.